The van der Waals surface area contributed by atoms with Gasteiger partial charge in [-0.15, -0.1) is 11.3 Å². The fourth-order valence-corrected chi connectivity index (χ4v) is 3.42. The molecule has 0 radical (unpaired) electrons. The van der Waals surface area contributed by atoms with Crippen LogP contribution in [0, 0.1) is 6.92 Å². The third kappa shape index (κ3) is 3.44. The Morgan fingerprint density at radius 3 is 2.78 bits per heavy atom. The van der Waals surface area contributed by atoms with Crippen LogP contribution in [0.25, 0.3) is 10.6 Å². The third-order valence-corrected chi connectivity index (χ3v) is 4.98. The van der Waals surface area contributed by atoms with Crippen LogP contribution in [-0.2, 0) is 4.74 Å². The number of carbonyl (C=O) groups is 1. The van der Waals surface area contributed by atoms with Crippen LogP contribution in [0.1, 0.15) is 23.0 Å². The van der Waals surface area contributed by atoms with Crippen LogP contribution in [0.5, 0.6) is 0 Å². The molecule has 1 aromatic heterocycles. The van der Waals surface area contributed by atoms with Crippen molar-refractivity contribution >= 4 is 17.2 Å². The average molecular weight is 332 g/mol. The maximum atomic E-state index is 12.7. The number of aliphatic hydroxyl groups excluding tert-OH is 1. The highest BCUT2D eigenvalue weighted by Crippen LogP contribution is 2.24. The summed E-state index contributed by atoms with van der Waals surface area (Å²) in [6, 6.07) is 7.54. The van der Waals surface area contributed by atoms with Crippen molar-refractivity contribution in [2.24, 2.45) is 0 Å². The molecule has 5 nitrogen and oxygen atoms in total. The number of ether oxygens (including phenoxy) is 1. The van der Waals surface area contributed by atoms with Gasteiger partial charge in [-0.3, -0.25) is 4.79 Å². The molecule has 1 amide bonds. The van der Waals surface area contributed by atoms with E-state index in [0.29, 0.717) is 18.7 Å². The topological polar surface area (TPSA) is 62.7 Å². The van der Waals surface area contributed by atoms with Gasteiger partial charge in [0, 0.05) is 28.7 Å². The van der Waals surface area contributed by atoms with E-state index in [9.17, 15) is 9.90 Å². The lowest BCUT2D eigenvalue weighted by Crippen LogP contribution is -2.52. The van der Waals surface area contributed by atoms with Crippen LogP contribution >= 0.6 is 11.3 Å². The van der Waals surface area contributed by atoms with Crippen molar-refractivity contribution < 1.29 is 14.6 Å². The van der Waals surface area contributed by atoms with Gasteiger partial charge >= 0.3 is 0 Å². The Morgan fingerprint density at radius 2 is 2.17 bits per heavy atom. The largest absolute Gasteiger partial charge is 0.394 e. The minimum absolute atomic E-state index is 0.00610. The molecule has 23 heavy (non-hydrogen) atoms. The Morgan fingerprint density at radius 1 is 1.43 bits per heavy atom. The molecule has 0 aliphatic carbocycles. The van der Waals surface area contributed by atoms with E-state index in [1.54, 1.807) is 16.2 Å². The van der Waals surface area contributed by atoms with Gasteiger partial charge in [0.25, 0.3) is 5.91 Å². The first-order chi connectivity index (χ1) is 11.1. The monoisotopic (exact) mass is 332 g/mol. The van der Waals surface area contributed by atoms with Crippen LogP contribution in [-0.4, -0.2) is 52.8 Å². The summed E-state index contributed by atoms with van der Waals surface area (Å²) < 4.78 is 5.48. The van der Waals surface area contributed by atoms with Gasteiger partial charge in [-0.1, -0.05) is 12.1 Å². The SMILES string of the molecule is Cc1csc(-c2ccc(C(=O)N3CC(CO)OCC3C)cc2)n1. The highest BCUT2D eigenvalue weighted by Gasteiger charge is 2.29. The van der Waals surface area contributed by atoms with Crippen LogP contribution < -0.4 is 0 Å². The smallest absolute Gasteiger partial charge is 0.254 e. The molecule has 2 atom stereocenters. The van der Waals surface area contributed by atoms with Gasteiger partial charge in [0.05, 0.1) is 25.4 Å². The van der Waals surface area contributed by atoms with E-state index in [4.69, 9.17) is 4.74 Å². The number of carbonyl (C=O) groups excluding carboxylic acids is 1. The van der Waals surface area contributed by atoms with E-state index in [1.165, 1.54) is 0 Å². The molecule has 1 saturated heterocycles. The van der Waals surface area contributed by atoms with Crippen molar-refractivity contribution in [2.45, 2.75) is 26.0 Å². The zero-order valence-corrected chi connectivity index (χ0v) is 14.0. The Bertz CT molecular complexity index is 683. The zero-order chi connectivity index (χ0) is 16.4. The molecule has 1 aliphatic rings. The van der Waals surface area contributed by atoms with Gasteiger partial charge in [0.2, 0.25) is 0 Å². The third-order valence-electron chi connectivity index (χ3n) is 3.97. The number of thiazole rings is 1. The molecule has 1 N–H and O–H groups in total. The Labute approximate surface area is 139 Å². The lowest BCUT2D eigenvalue weighted by Gasteiger charge is -2.37. The second-order valence-electron chi connectivity index (χ2n) is 5.82. The quantitative estimate of drug-likeness (QED) is 0.937. The molecule has 122 valence electrons. The molecule has 1 fully saturated rings. The summed E-state index contributed by atoms with van der Waals surface area (Å²) in [5.74, 6) is -0.0267. The molecule has 1 aliphatic heterocycles. The number of aryl methyl sites for hydroxylation is 1. The summed E-state index contributed by atoms with van der Waals surface area (Å²) in [5, 5.41) is 12.2. The maximum Gasteiger partial charge on any atom is 0.254 e. The van der Waals surface area contributed by atoms with Crippen molar-refractivity contribution in [2.75, 3.05) is 19.8 Å². The van der Waals surface area contributed by atoms with E-state index in [2.05, 4.69) is 4.98 Å². The number of rotatable bonds is 3. The Kier molecular flexibility index (Phi) is 4.75. The van der Waals surface area contributed by atoms with Gasteiger partial charge in [-0.05, 0) is 26.0 Å². The summed E-state index contributed by atoms with van der Waals surface area (Å²) >= 11 is 1.60. The number of aliphatic hydroxyl groups is 1. The summed E-state index contributed by atoms with van der Waals surface area (Å²) in [6.07, 6.45) is -0.298. The number of hydrogen-bond acceptors (Lipinski definition) is 5. The van der Waals surface area contributed by atoms with Gasteiger partial charge in [-0.25, -0.2) is 4.98 Å². The first-order valence-electron chi connectivity index (χ1n) is 7.64. The minimum Gasteiger partial charge on any atom is -0.394 e. The molecule has 2 aromatic rings. The molecular weight excluding hydrogens is 312 g/mol. The van der Waals surface area contributed by atoms with E-state index < -0.39 is 0 Å². The van der Waals surface area contributed by atoms with Crippen LogP contribution in [0.3, 0.4) is 0 Å². The van der Waals surface area contributed by atoms with Crippen molar-refractivity contribution in [3.05, 3.63) is 40.9 Å². The Balaban J connectivity index is 1.77. The number of morpholine rings is 1. The lowest BCUT2D eigenvalue weighted by molar-refractivity contribution is -0.0667. The highest BCUT2D eigenvalue weighted by molar-refractivity contribution is 7.13. The average Bonchev–Trinajstić information content (AvgIpc) is 3.01. The number of hydrogen-bond donors (Lipinski definition) is 1. The molecule has 0 saturated carbocycles. The van der Waals surface area contributed by atoms with Gasteiger partial charge in [0.1, 0.15) is 5.01 Å². The zero-order valence-electron chi connectivity index (χ0n) is 13.2. The number of nitrogens with zero attached hydrogens (tertiary/aromatic N) is 2. The minimum atomic E-state index is -0.298. The highest BCUT2D eigenvalue weighted by atomic mass is 32.1. The summed E-state index contributed by atoms with van der Waals surface area (Å²) in [6.45, 7) is 4.73. The van der Waals surface area contributed by atoms with E-state index in [0.717, 1.165) is 16.3 Å². The molecule has 3 rings (SSSR count). The molecule has 2 unspecified atom stereocenters. The summed E-state index contributed by atoms with van der Waals surface area (Å²) in [7, 11) is 0. The second kappa shape index (κ2) is 6.78. The molecule has 2 heterocycles. The van der Waals surface area contributed by atoms with Crippen LogP contribution in [0.15, 0.2) is 29.6 Å². The van der Waals surface area contributed by atoms with Crippen molar-refractivity contribution in [3.8, 4) is 10.6 Å². The number of aromatic nitrogens is 1. The first-order valence-corrected chi connectivity index (χ1v) is 8.52. The van der Waals surface area contributed by atoms with Crippen molar-refractivity contribution in [1.29, 1.82) is 0 Å². The van der Waals surface area contributed by atoms with Crippen LogP contribution in [0.4, 0.5) is 0 Å². The van der Waals surface area contributed by atoms with E-state index >= 15 is 0 Å². The molecule has 0 spiro atoms. The van der Waals surface area contributed by atoms with E-state index in [-0.39, 0.29) is 24.7 Å². The maximum absolute atomic E-state index is 12.7. The molecule has 6 heteroatoms. The molecule has 0 bridgehead atoms. The predicted molar refractivity (Wildman–Crippen MR) is 89.6 cm³/mol. The second-order valence-corrected chi connectivity index (χ2v) is 6.67. The lowest BCUT2D eigenvalue weighted by atomic mass is 10.1. The van der Waals surface area contributed by atoms with Gasteiger partial charge < -0.3 is 14.7 Å². The number of benzene rings is 1. The predicted octanol–water partition coefficient (Wildman–Crippen LogP) is 2.34. The normalized spacial score (nSPS) is 21.4. The van der Waals surface area contributed by atoms with E-state index in [1.807, 2.05) is 43.5 Å². The Hall–Kier alpha value is -1.76. The standard InChI is InChI=1S/C17H20N2O3S/c1-11-10-23-16(18-11)13-3-5-14(6-4-13)17(21)19-7-15(8-20)22-9-12(19)2/h3-6,10,12,15,20H,7-9H2,1-2H3. The van der Waals surface area contributed by atoms with Gasteiger partial charge in [-0.2, -0.15) is 0 Å². The fourth-order valence-electron chi connectivity index (χ4n) is 2.62. The van der Waals surface area contributed by atoms with Crippen molar-refractivity contribution in [3.63, 3.8) is 0 Å². The van der Waals surface area contributed by atoms with Crippen molar-refractivity contribution in [1.82, 2.24) is 9.88 Å². The first kappa shape index (κ1) is 16.1. The fraction of sp³-hybridized carbons (Fsp3) is 0.412. The molecular formula is C17H20N2O3S. The molecule has 1 aromatic carbocycles. The van der Waals surface area contributed by atoms with Crippen LogP contribution in [0.2, 0.25) is 0 Å². The summed E-state index contributed by atoms with van der Waals surface area (Å²) in [4.78, 5) is 18.9. The number of amides is 1. The van der Waals surface area contributed by atoms with Gasteiger partial charge in [0.15, 0.2) is 0 Å². The summed E-state index contributed by atoms with van der Waals surface area (Å²) in [5.41, 5.74) is 2.66.